The summed E-state index contributed by atoms with van der Waals surface area (Å²) in [7, 11) is 0. The van der Waals surface area contributed by atoms with Crippen LogP contribution in [-0.4, -0.2) is 0 Å². The second-order valence-corrected chi connectivity index (χ2v) is 5.28. The van der Waals surface area contributed by atoms with Gasteiger partial charge >= 0.3 is 0 Å². The molecule has 18 heavy (non-hydrogen) atoms. The van der Waals surface area contributed by atoms with Crippen molar-refractivity contribution in [3.8, 4) is 11.1 Å². The molecule has 0 bridgehead atoms. The summed E-state index contributed by atoms with van der Waals surface area (Å²) in [6, 6.07) is 15.5. The summed E-state index contributed by atoms with van der Waals surface area (Å²) in [5.41, 5.74) is 6.86. The molecule has 1 aliphatic rings. The van der Waals surface area contributed by atoms with Crippen molar-refractivity contribution in [2.75, 3.05) is 0 Å². The van der Waals surface area contributed by atoms with E-state index in [0.29, 0.717) is 5.92 Å². The largest absolute Gasteiger partial charge is 0.0807 e. The van der Waals surface area contributed by atoms with Crippen molar-refractivity contribution in [1.29, 1.82) is 0 Å². The smallest absolute Gasteiger partial charge is 0.0109 e. The molecule has 2 aromatic carbocycles. The van der Waals surface area contributed by atoms with Crippen LogP contribution < -0.4 is 0 Å². The van der Waals surface area contributed by atoms with Gasteiger partial charge in [-0.25, -0.2) is 0 Å². The molecule has 0 radical (unpaired) electrons. The molecule has 0 heteroatoms. The molecule has 1 atom stereocenters. The van der Waals surface area contributed by atoms with Crippen molar-refractivity contribution < 1.29 is 0 Å². The molecule has 0 aliphatic heterocycles. The second-order valence-electron chi connectivity index (χ2n) is 5.28. The average Bonchev–Trinajstić information content (AvgIpc) is 2.38. The van der Waals surface area contributed by atoms with Gasteiger partial charge in [0, 0.05) is 0 Å². The Morgan fingerprint density at radius 2 is 1.78 bits per heavy atom. The van der Waals surface area contributed by atoms with Crippen molar-refractivity contribution in [2.24, 2.45) is 5.92 Å². The molecule has 0 nitrogen and oxygen atoms in total. The number of rotatable bonds is 1. The Balaban J connectivity index is 2.12. The first kappa shape index (κ1) is 11.3. The number of fused-ring (bicyclic) bond motifs is 1. The topological polar surface area (TPSA) is 0 Å². The maximum absolute atomic E-state index is 2.32. The van der Waals surface area contributed by atoms with E-state index in [1.807, 2.05) is 0 Å². The van der Waals surface area contributed by atoms with E-state index in [1.165, 1.54) is 27.8 Å². The summed E-state index contributed by atoms with van der Waals surface area (Å²) >= 11 is 0. The van der Waals surface area contributed by atoms with Crippen molar-refractivity contribution in [3.05, 3.63) is 65.2 Å². The Morgan fingerprint density at radius 3 is 2.56 bits per heavy atom. The Labute approximate surface area is 109 Å². The standard InChI is InChI=1S/C18H18/c1-13-6-9-15(10-7-13)17-5-3-4-16-12-14(2)8-11-18(16)17/h3-11,14H,12H2,1-2H3. The molecule has 0 fully saturated rings. The predicted octanol–water partition coefficient (Wildman–Crippen LogP) is 4.87. The lowest BCUT2D eigenvalue weighted by molar-refractivity contribution is 0.717. The van der Waals surface area contributed by atoms with Crippen LogP contribution in [0.2, 0.25) is 0 Å². The highest BCUT2D eigenvalue weighted by Gasteiger charge is 2.13. The van der Waals surface area contributed by atoms with Crippen molar-refractivity contribution in [1.82, 2.24) is 0 Å². The van der Waals surface area contributed by atoms with E-state index in [4.69, 9.17) is 0 Å². The quantitative estimate of drug-likeness (QED) is 0.660. The highest BCUT2D eigenvalue weighted by Crippen LogP contribution is 2.32. The summed E-state index contributed by atoms with van der Waals surface area (Å²) in [6.07, 6.45) is 5.77. The predicted molar refractivity (Wildman–Crippen MR) is 78.5 cm³/mol. The van der Waals surface area contributed by atoms with E-state index in [9.17, 15) is 0 Å². The van der Waals surface area contributed by atoms with Crippen LogP contribution in [0.25, 0.3) is 17.2 Å². The van der Waals surface area contributed by atoms with Crippen LogP contribution in [0.5, 0.6) is 0 Å². The molecule has 0 N–H and O–H groups in total. The highest BCUT2D eigenvalue weighted by molar-refractivity contribution is 5.78. The van der Waals surface area contributed by atoms with Gasteiger partial charge in [0.05, 0.1) is 0 Å². The second kappa shape index (κ2) is 4.45. The summed E-state index contributed by atoms with van der Waals surface area (Å²) in [5.74, 6) is 0.658. The lowest BCUT2D eigenvalue weighted by Gasteiger charge is -2.19. The summed E-state index contributed by atoms with van der Waals surface area (Å²) in [4.78, 5) is 0. The van der Waals surface area contributed by atoms with E-state index in [1.54, 1.807) is 0 Å². The minimum Gasteiger partial charge on any atom is -0.0807 e. The maximum Gasteiger partial charge on any atom is -0.0109 e. The zero-order valence-corrected chi connectivity index (χ0v) is 11.0. The third-order valence-electron chi connectivity index (χ3n) is 3.69. The molecule has 0 aromatic heterocycles. The van der Waals surface area contributed by atoms with Crippen LogP contribution in [0.1, 0.15) is 23.6 Å². The average molecular weight is 234 g/mol. The van der Waals surface area contributed by atoms with Crippen LogP contribution in [-0.2, 0) is 6.42 Å². The minimum atomic E-state index is 0.658. The van der Waals surface area contributed by atoms with Crippen LogP contribution in [0.3, 0.4) is 0 Å². The molecule has 2 aromatic rings. The van der Waals surface area contributed by atoms with Crippen LogP contribution in [0.15, 0.2) is 48.5 Å². The van der Waals surface area contributed by atoms with E-state index in [-0.39, 0.29) is 0 Å². The SMILES string of the molecule is Cc1ccc(-c2cccc3c2C=CC(C)C3)cc1. The number of benzene rings is 2. The van der Waals surface area contributed by atoms with E-state index < -0.39 is 0 Å². The first-order valence-electron chi connectivity index (χ1n) is 6.61. The van der Waals surface area contributed by atoms with Gasteiger partial charge in [-0.1, -0.05) is 67.1 Å². The third-order valence-corrected chi connectivity index (χ3v) is 3.69. The minimum absolute atomic E-state index is 0.658. The van der Waals surface area contributed by atoms with Gasteiger partial charge < -0.3 is 0 Å². The fraction of sp³-hybridized carbons (Fsp3) is 0.222. The summed E-state index contributed by atoms with van der Waals surface area (Å²) in [6.45, 7) is 4.41. The lowest BCUT2D eigenvalue weighted by atomic mass is 9.86. The summed E-state index contributed by atoms with van der Waals surface area (Å²) < 4.78 is 0. The van der Waals surface area contributed by atoms with Gasteiger partial charge in [-0.15, -0.1) is 0 Å². The molecule has 1 aliphatic carbocycles. The molecule has 0 saturated heterocycles. The normalized spacial score (nSPS) is 17.6. The van der Waals surface area contributed by atoms with Gasteiger partial charge in [0.25, 0.3) is 0 Å². The third kappa shape index (κ3) is 1.99. The molecular weight excluding hydrogens is 216 g/mol. The lowest BCUT2D eigenvalue weighted by Crippen LogP contribution is -2.04. The van der Waals surface area contributed by atoms with Crippen LogP contribution in [0, 0.1) is 12.8 Å². The van der Waals surface area contributed by atoms with Gasteiger partial charge in [-0.2, -0.15) is 0 Å². The monoisotopic (exact) mass is 234 g/mol. The van der Waals surface area contributed by atoms with Gasteiger partial charge in [-0.3, -0.25) is 0 Å². The first-order valence-corrected chi connectivity index (χ1v) is 6.61. The Kier molecular flexibility index (Phi) is 2.79. The Hall–Kier alpha value is -1.82. The van der Waals surface area contributed by atoms with E-state index >= 15 is 0 Å². The Morgan fingerprint density at radius 1 is 1.00 bits per heavy atom. The maximum atomic E-state index is 2.32. The van der Waals surface area contributed by atoms with Gasteiger partial charge in [0.2, 0.25) is 0 Å². The fourth-order valence-corrected chi connectivity index (χ4v) is 2.65. The molecule has 0 amide bonds. The summed E-state index contributed by atoms with van der Waals surface area (Å²) in [5, 5.41) is 0. The number of hydrogen-bond acceptors (Lipinski definition) is 0. The number of allylic oxidation sites excluding steroid dienone is 1. The van der Waals surface area contributed by atoms with E-state index in [2.05, 4.69) is 68.5 Å². The van der Waals surface area contributed by atoms with Crippen molar-refractivity contribution in [2.45, 2.75) is 20.3 Å². The molecule has 3 rings (SSSR count). The molecule has 0 spiro atoms. The first-order chi connectivity index (χ1) is 8.74. The molecule has 0 saturated carbocycles. The molecule has 90 valence electrons. The highest BCUT2D eigenvalue weighted by atomic mass is 14.2. The molecular formula is C18H18. The zero-order valence-electron chi connectivity index (χ0n) is 11.0. The number of hydrogen-bond donors (Lipinski definition) is 0. The molecule has 0 heterocycles. The van der Waals surface area contributed by atoms with E-state index in [0.717, 1.165) is 6.42 Å². The van der Waals surface area contributed by atoms with Gasteiger partial charge in [-0.05, 0) is 41.5 Å². The zero-order chi connectivity index (χ0) is 12.5. The number of aryl methyl sites for hydroxylation is 1. The van der Waals surface area contributed by atoms with Crippen molar-refractivity contribution >= 4 is 6.08 Å². The Bertz CT molecular complexity index is 588. The fourth-order valence-electron chi connectivity index (χ4n) is 2.65. The van der Waals surface area contributed by atoms with Crippen LogP contribution in [0.4, 0.5) is 0 Å². The van der Waals surface area contributed by atoms with Gasteiger partial charge in [0.1, 0.15) is 0 Å². The molecule has 1 unspecified atom stereocenters. The van der Waals surface area contributed by atoms with Gasteiger partial charge in [0.15, 0.2) is 0 Å². The van der Waals surface area contributed by atoms with Crippen molar-refractivity contribution in [3.63, 3.8) is 0 Å². The van der Waals surface area contributed by atoms with Crippen LogP contribution >= 0.6 is 0 Å².